The number of ether oxygens (including phenoxy) is 1. The van der Waals surface area contributed by atoms with Gasteiger partial charge in [-0.05, 0) is 30.7 Å². The smallest absolute Gasteiger partial charge is 0.462 e. The summed E-state index contributed by atoms with van der Waals surface area (Å²) >= 11 is 0. The van der Waals surface area contributed by atoms with Gasteiger partial charge in [-0.15, -0.1) is 0 Å². The van der Waals surface area contributed by atoms with Gasteiger partial charge in [-0.25, -0.2) is 9.78 Å². The molecule has 0 aliphatic carbocycles. The van der Waals surface area contributed by atoms with Crippen LogP contribution in [-0.4, -0.2) is 44.3 Å². The Labute approximate surface area is 148 Å². The largest absolute Gasteiger partial charge is 0.490 e. The molecule has 3 aromatic heterocycles. The van der Waals surface area contributed by atoms with Crippen molar-refractivity contribution in [3.63, 3.8) is 0 Å². The number of carbonyl (C=O) groups is 1. The molecule has 0 unspecified atom stereocenters. The molecule has 0 bridgehead atoms. The van der Waals surface area contributed by atoms with Gasteiger partial charge in [0.2, 0.25) is 5.43 Å². The summed E-state index contributed by atoms with van der Waals surface area (Å²) in [7, 11) is -1.77. The molecule has 0 saturated heterocycles. The maximum Gasteiger partial charge on any atom is 0.490 e. The minimum absolute atomic E-state index is 0.0612. The van der Waals surface area contributed by atoms with Gasteiger partial charge in [-0.3, -0.25) is 9.78 Å². The summed E-state index contributed by atoms with van der Waals surface area (Å²) in [5.41, 5.74) is 0.572. The van der Waals surface area contributed by atoms with E-state index >= 15 is 0 Å². The lowest BCUT2D eigenvalue weighted by Crippen LogP contribution is -2.32. The highest BCUT2D eigenvalue weighted by Gasteiger charge is 2.20. The fourth-order valence-electron chi connectivity index (χ4n) is 2.59. The van der Waals surface area contributed by atoms with Crippen molar-refractivity contribution in [3.8, 4) is 0 Å². The predicted molar refractivity (Wildman–Crippen MR) is 95.1 cm³/mol. The second-order valence-electron chi connectivity index (χ2n) is 5.59. The molecule has 132 valence electrons. The lowest BCUT2D eigenvalue weighted by Gasteiger charge is -2.13. The highest BCUT2D eigenvalue weighted by Crippen LogP contribution is 2.12. The Morgan fingerprint density at radius 3 is 2.69 bits per heavy atom. The summed E-state index contributed by atoms with van der Waals surface area (Å²) in [5.74, 6) is -0.738. The van der Waals surface area contributed by atoms with Crippen LogP contribution in [0.5, 0.6) is 0 Å². The lowest BCUT2D eigenvalue weighted by atomic mass is 9.81. The van der Waals surface area contributed by atoms with Crippen LogP contribution in [0, 0.1) is 0 Å². The summed E-state index contributed by atoms with van der Waals surface area (Å²) < 4.78 is 6.60. The van der Waals surface area contributed by atoms with Crippen molar-refractivity contribution in [2.75, 3.05) is 6.61 Å². The zero-order chi connectivity index (χ0) is 18.7. The van der Waals surface area contributed by atoms with Crippen molar-refractivity contribution in [3.05, 3.63) is 64.3 Å². The first-order chi connectivity index (χ1) is 12.5. The molecule has 0 atom stereocenters. The molecular weight excluding hydrogens is 337 g/mol. The molecule has 3 rings (SSSR count). The summed E-state index contributed by atoms with van der Waals surface area (Å²) in [6.07, 6.45) is 5.96. The first-order valence-corrected chi connectivity index (χ1v) is 7.96. The van der Waals surface area contributed by atoms with Crippen LogP contribution in [-0.2, 0) is 11.3 Å². The minimum atomic E-state index is -1.77. The molecule has 2 N–H and O–H groups in total. The molecule has 3 heterocycles. The van der Waals surface area contributed by atoms with Gasteiger partial charge in [-0.1, -0.05) is 0 Å². The van der Waals surface area contributed by atoms with Crippen LogP contribution in [0.15, 0.2) is 47.8 Å². The number of aromatic nitrogens is 3. The summed E-state index contributed by atoms with van der Waals surface area (Å²) in [5, 5.41) is 18.8. The van der Waals surface area contributed by atoms with Crippen molar-refractivity contribution < 1.29 is 19.6 Å². The monoisotopic (exact) mass is 353 g/mol. The van der Waals surface area contributed by atoms with Crippen LogP contribution in [0.1, 0.15) is 22.8 Å². The van der Waals surface area contributed by atoms with Crippen molar-refractivity contribution in [2.45, 2.75) is 13.5 Å². The number of carbonyl (C=O) groups excluding carboxylic acids is 1. The molecule has 0 amide bonds. The first kappa shape index (κ1) is 17.8. The van der Waals surface area contributed by atoms with Gasteiger partial charge >= 0.3 is 13.1 Å². The average molecular weight is 353 g/mol. The molecule has 3 aromatic rings. The molecule has 9 heteroatoms. The maximum atomic E-state index is 12.7. The van der Waals surface area contributed by atoms with Crippen LogP contribution in [0.3, 0.4) is 0 Å². The number of nitrogens with zero attached hydrogens (tertiary/aromatic N) is 3. The van der Waals surface area contributed by atoms with Gasteiger partial charge in [0.05, 0.1) is 12.0 Å². The minimum Gasteiger partial charge on any atom is -0.462 e. The van der Waals surface area contributed by atoms with Gasteiger partial charge in [-0.2, -0.15) is 0 Å². The number of rotatable bonds is 5. The highest BCUT2D eigenvalue weighted by atomic mass is 16.5. The van der Waals surface area contributed by atoms with E-state index < -0.39 is 18.5 Å². The molecule has 0 aliphatic rings. The van der Waals surface area contributed by atoms with E-state index in [1.165, 1.54) is 18.5 Å². The summed E-state index contributed by atoms with van der Waals surface area (Å²) in [6.45, 7) is 2.13. The Morgan fingerprint density at radius 1 is 1.31 bits per heavy atom. The molecule has 26 heavy (non-hydrogen) atoms. The van der Waals surface area contributed by atoms with E-state index in [4.69, 9.17) is 4.74 Å². The Bertz CT molecular complexity index is 1000. The van der Waals surface area contributed by atoms with Crippen LogP contribution in [0.2, 0.25) is 0 Å². The molecule has 0 spiro atoms. The van der Waals surface area contributed by atoms with Crippen LogP contribution in [0.4, 0.5) is 0 Å². The van der Waals surface area contributed by atoms with Gasteiger partial charge in [0, 0.05) is 36.8 Å². The van der Waals surface area contributed by atoms with Crippen LogP contribution in [0.25, 0.3) is 11.0 Å². The van der Waals surface area contributed by atoms with Crippen molar-refractivity contribution in [1.82, 2.24) is 14.5 Å². The van der Waals surface area contributed by atoms with E-state index in [9.17, 15) is 19.6 Å². The Kier molecular flexibility index (Phi) is 5.10. The SMILES string of the molecule is CCOC(=O)c1cn(Cc2ccncc2)c2ncc(B(O)O)cc2c1=O. The number of esters is 1. The van der Waals surface area contributed by atoms with E-state index in [0.29, 0.717) is 12.2 Å². The van der Waals surface area contributed by atoms with E-state index in [0.717, 1.165) is 5.56 Å². The zero-order valence-electron chi connectivity index (χ0n) is 14.0. The molecule has 0 saturated carbocycles. The third-order valence-electron chi connectivity index (χ3n) is 3.83. The fourth-order valence-corrected chi connectivity index (χ4v) is 2.59. The second kappa shape index (κ2) is 7.46. The van der Waals surface area contributed by atoms with Gasteiger partial charge in [0.15, 0.2) is 0 Å². The molecule has 0 radical (unpaired) electrons. The van der Waals surface area contributed by atoms with Crippen molar-refractivity contribution in [2.24, 2.45) is 0 Å². The van der Waals surface area contributed by atoms with E-state index in [1.807, 2.05) is 0 Å². The Balaban J connectivity index is 2.22. The Morgan fingerprint density at radius 2 is 2.04 bits per heavy atom. The lowest BCUT2D eigenvalue weighted by molar-refractivity contribution is 0.0524. The van der Waals surface area contributed by atoms with Crippen LogP contribution < -0.4 is 10.9 Å². The average Bonchev–Trinajstić information content (AvgIpc) is 2.64. The molecule has 0 aliphatic heterocycles. The topological polar surface area (TPSA) is 115 Å². The van der Waals surface area contributed by atoms with Crippen LogP contribution >= 0.6 is 0 Å². The highest BCUT2D eigenvalue weighted by molar-refractivity contribution is 6.58. The molecular formula is C17H16BN3O5. The molecule has 0 fully saturated rings. The number of hydrogen-bond donors (Lipinski definition) is 2. The summed E-state index contributed by atoms with van der Waals surface area (Å²) in [4.78, 5) is 33.0. The first-order valence-electron chi connectivity index (χ1n) is 7.96. The van der Waals surface area contributed by atoms with Gasteiger partial charge in [0.1, 0.15) is 11.2 Å². The fraction of sp³-hybridized carbons (Fsp3) is 0.176. The molecule has 8 nitrogen and oxygen atoms in total. The number of fused-ring (bicyclic) bond motifs is 1. The third-order valence-corrected chi connectivity index (χ3v) is 3.83. The maximum absolute atomic E-state index is 12.7. The predicted octanol–water partition coefficient (Wildman–Crippen LogP) is -0.304. The second-order valence-corrected chi connectivity index (χ2v) is 5.59. The van der Waals surface area contributed by atoms with Gasteiger partial charge in [0.25, 0.3) is 0 Å². The quantitative estimate of drug-likeness (QED) is 0.478. The van der Waals surface area contributed by atoms with E-state index in [1.54, 1.807) is 36.0 Å². The normalized spacial score (nSPS) is 10.7. The van der Waals surface area contributed by atoms with E-state index in [-0.39, 0.29) is 23.0 Å². The standard InChI is InChI=1S/C17H16BN3O5/c1-2-26-17(23)14-10-21(9-11-3-5-19-6-4-11)16-13(15(14)22)7-12(8-20-16)18(24)25/h3-8,10,24-25H,2,9H2,1H3. The van der Waals surface area contributed by atoms with Crippen molar-refractivity contribution >= 4 is 29.6 Å². The summed E-state index contributed by atoms with van der Waals surface area (Å²) in [6, 6.07) is 4.93. The molecule has 0 aromatic carbocycles. The van der Waals surface area contributed by atoms with Gasteiger partial charge < -0.3 is 19.4 Å². The Hall–Kier alpha value is -3.04. The van der Waals surface area contributed by atoms with Crippen molar-refractivity contribution in [1.29, 1.82) is 0 Å². The third kappa shape index (κ3) is 3.49. The van der Waals surface area contributed by atoms with E-state index in [2.05, 4.69) is 9.97 Å². The zero-order valence-corrected chi connectivity index (χ0v) is 14.0. The number of pyridine rings is 3. The number of hydrogen-bond acceptors (Lipinski definition) is 7.